The van der Waals surface area contributed by atoms with Crippen molar-refractivity contribution < 1.29 is 0 Å². The van der Waals surface area contributed by atoms with Gasteiger partial charge in [-0.05, 0) is 0 Å². The molecule has 0 aliphatic carbocycles. The number of hydrogen-bond donors (Lipinski definition) is 1. The van der Waals surface area contributed by atoms with Gasteiger partial charge in [0.25, 0.3) is 0 Å². The van der Waals surface area contributed by atoms with Gasteiger partial charge in [-0.3, -0.25) is 0 Å². The summed E-state index contributed by atoms with van der Waals surface area (Å²) in [5.74, 6) is 0. The van der Waals surface area contributed by atoms with Crippen LogP contribution in [0.5, 0.6) is 0 Å². The van der Waals surface area contributed by atoms with E-state index in [0.29, 0.717) is 0 Å². The predicted molar refractivity (Wildman–Crippen MR) is 45.7 cm³/mol. The Balaban J connectivity index is 3.53. The second-order valence-electron chi connectivity index (χ2n) is 2.02. The van der Waals surface area contributed by atoms with E-state index in [1.54, 1.807) is 0 Å². The lowest BCUT2D eigenvalue weighted by Crippen LogP contribution is -1.64. The lowest BCUT2D eigenvalue weighted by Gasteiger charge is -1.90. The summed E-state index contributed by atoms with van der Waals surface area (Å²) in [6.07, 6.45) is 1.90. The summed E-state index contributed by atoms with van der Waals surface area (Å²) in [5.41, 5.74) is 0. The second kappa shape index (κ2) is 3.42. The first-order valence-corrected chi connectivity index (χ1v) is 4.69. The molecular weight excluding hydrogens is 142 g/mol. The van der Waals surface area contributed by atoms with Crippen LogP contribution in [-0.4, -0.2) is 6.26 Å². The fourth-order valence-corrected chi connectivity index (χ4v) is 1.25. The van der Waals surface area contributed by atoms with Gasteiger partial charge in [0.1, 0.15) is 0 Å². The number of nitrogens with one attached hydrogen (secondary N) is 1. The summed E-state index contributed by atoms with van der Waals surface area (Å²) in [5, 5.41) is 0. The van der Waals surface area contributed by atoms with E-state index in [9.17, 15) is 0 Å². The average molecular weight is 152 g/mol. The topological polar surface area (TPSA) is 23.9 Å². The Morgan fingerprint density at radius 3 is 2.00 bits per heavy atom. The maximum atomic E-state index is 7.43. The molecule has 0 saturated heterocycles. The normalized spacial score (nSPS) is 9.80. The van der Waals surface area contributed by atoms with Crippen molar-refractivity contribution >= 4 is 10.3 Å². The van der Waals surface area contributed by atoms with Crippen molar-refractivity contribution in [2.24, 2.45) is 0 Å². The smallest absolute Gasteiger partial charge is 0.0623 e. The van der Waals surface area contributed by atoms with E-state index in [1.165, 1.54) is 0 Å². The van der Waals surface area contributed by atoms with Gasteiger partial charge in [0.2, 0.25) is 0 Å². The van der Waals surface area contributed by atoms with Crippen LogP contribution in [0.25, 0.3) is 0 Å². The molecule has 0 amide bonds. The highest BCUT2D eigenvalue weighted by atomic mass is 32.2. The van der Waals surface area contributed by atoms with Gasteiger partial charge in [0.05, 0.1) is 0 Å². The summed E-state index contributed by atoms with van der Waals surface area (Å²) in [4.78, 5) is 0. The molecule has 10 heavy (non-hydrogen) atoms. The molecule has 1 aromatic carbocycles. The molecule has 0 atom stereocenters. The zero-order chi connectivity index (χ0) is 7.40. The van der Waals surface area contributed by atoms with Crippen molar-refractivity contribution in [2.45, 2.75) is 0 Å². The molecule has 0 unspecified atom stereocenters. The first kappa shape index (κ1) is 7.35. The highest BCUT2D eigenvalue weighted by Gasteiger charge is 1.63. The van der Waals surface area contributed by atoms with Gasteiger partial charge in [-0.2, -0.15) is 0 Å². The Morgan fingerprint density at radius 1 is 1.10 bits per heavy atom. The van der Waals surface area contributed by atoms with Crippen LogP contribution < -0.4 is 0 Å². The van der Waals surface area contributed by atoms with Crippen LogP contribution in [0.4, 0.5) is 0 Å². The third-order valence-corrected chi connectivity index (χ3v) is 2.19. The van der Waals surface area contributed by atoms with E-state index in [4.69, 9.17) is 4.78 Å². The molecule has 0 aromatic heterocycles. The van der Waals surface area contributed by atoms with Crippen molar-refractivity contribution in [2.75, 3.05) is 6.26 Å². The van der Waals surface area contributed by atoms with Gasteiger partial charge in [0.15, 0.2) is 0 Å². The molecule has 54 valence electrons. The largest absolute Gasteiger partial charge is 0.450 e. The standard InChI is InChI=1S/C8H10NS/c1-10(9)8-6-4-2-3-5-7-8/h2-7,9H,1H3/q-1. The fourth-order valence-electron chi connectivity index (χ4n) is 0.689. The Hall–Kier alpha value is -0.760. The third kappa shape index (κ3) is 1.88. The van der Waals surface area contributed by atoms with Crippen LogP contribution in [0.2, 0.25) is 0 Å². The van der Waals surface area contributed by atoms with Crippen molar-refractivity contribution in [3.05, 3.63) is 40.9 Å². The van der Waals surface area contributed by atoms with Crippen molar-refractivity contribution in [3.8, 4) is 0 Å². The Labute approximate surface area is 62.8 Å². The molecular formula is C8H10NS-. The second-order valence-corrected chi connectivity index (χ2v) is 3.51. The van der Waals surface area contributed by atoms with Gasteiger partial charge in [-0.1, -0.05) is 36.4 Å². The molecule has 0 saturated carbocycles. The molecule has 0 aliphatic heterocycles. The minimum atomic E-state index is -0.360. The van der Waals surface area contributed by atoms with Gasteiger partial charge >= 0.3 is 0 Å². The van der Waals surface area contributed by atoms with Crippen LogP contribution in [0, 0.1) is 9.29 Å². The summed E-state index contributed by atoms with van der Waals surface area (Å²) >= 11 is 0. The van der Waals surface area contributed by atoms with Crippen LogP contribution in [0.15, 0.2) is 36.4 Å². The quantitative estimate of drug-likeness (QED) is 0.435. The van der Waals surface area contributed by atoms with E-state index in [2.05, 4.69) is 0 Å². The highest BCUT2D eigenvalue weighted by Crippen LogP contribution is 1.87. The van der Waals surface area contributed by atoms with E-state index < -0.39 is 0 Å². The monoisotopic (exact) mass is 152 g/mol. The molecule has 0 heterocycles. The van der Waals surface area contributed by atoms with E-state index >= 15 is 0 Å². The molecule has 0 fully saturated rings. The molecule has 0 aliphatic rings. The molecule has 1 aromatic rings. The lowest BCUT2D eigenvalue weighted by molar-refractivity contribution is 1.63. The molecule has 1 rings (SSSR count). The molecule has 0 radical (unpaired) electrons. The molecule has 1 N–H and O–H groups in total. The van der Waals surface area contributed by atoms with Crippen molar-refractivity contribution in [1.82, 2.24) is 0 Å². The number of hydrogen-bond acceptors (Lipinski definition) is 2. The SMILES string of the molecule is C[S-](=N)=c1cccccc1. The lowest BCUT2D eigenvalue weighted by atomic mass is 10.5. The minimum Gasteiger partial charge on any atom is -0.450 e. The summed E-state index contributed by atoms with van der Waals surface area (Å²) in [6, 6.07) is 11.8. The Kier molecular flexibility index (Phi) is 2.51. The van der Waals surface area contributed by atoms with Crippen LogP contribution >= 0.6 is 0 Å². The van der Waals surface area contributed by atoms with Crippen molar-refractivity contribution in [3.63, 3.8) is 0 Å². The minimum absolute atomic E-state index is 0.360. The highest BCUT2D eigenvalue weighted by molar-refractivity contribution is 7.77. The summed E-state index contributed by atoms with van der Waals surface area (Å²) in [6.45, 7) is 0. The van der Waals surface area contributed by atoms with Crippen LogP contribution in [0.1, 0.15) is 0 Å². The predicted octanol–water partition coefficient (Wildman–Crippen LogP) is 2.23. The molecule has 2 heteroatoms. The summed E-state index contributed by atoms with van der Waals surface area (Å²) < 4.78 is 8.52. The van der Waals surface area contributed by atoms with Crippen LogP contribution in [0.3, 0.4) is 0 Å². The zero-order valence-electron chi connectivity index (χ0n) is 5.87. The Bertz CT molecular complexity index is 302. The van der Waals surface area contributed by atoms with E-state index in [1.807, 2.05) is 42.7 Å². The van der Waals surface area contributed by atoms with Crippen molar-refractivity contribution in [1.29, 1.82) is 4.78 Å². The Morgan fingerprint density at radius 2 is 1.60 bits per heavy atom. The first-order chi connectivity index (χ1) is 4.80. The zero-order valence-corrected chi connectivity index (χ0v) is 6.69. The summed E-state index contributed by atoms with van der Waals surface area (Å²) in [7, 11) is -0.360. The number of rotatable bonds is 0. The maximum absolute atomic E-state index is 7.43. The van der Waals surface area contributed by atoms with Gasteiger partial charge in [0, 0.05) is 0 Å². The first-order valence-electron chi connectivity index (χ1n) is 3.06. The maximum Gasteiger partial charge on any atom is -0.0623 e. The third-order valence-electron chi connectivity index (χ3n) is 1.21. The van der Waals surface area contributed by atoms with Gasteiger partial charge < -0.3 is 15.1 Å². The van der Waals surface area contributed by atoms with Gasteiger partial charge in [-0.25, -0.2) is 0 Å². The van der Waals surface area contributed by atoms with E-state index in [0.717, 1.165) is 4.51 Å². The molecule has 0 spiro atoms. The molecule has 0 bridgehead atoms. The fraction of sp³-hybridized carbons (Fsp3) is 0.125. The van der Waals surface area contributed by atoms with Gasteiger partial charge in [-0.15, -0.1) is 10.8 Å². The average Bonchev–Trinajstić information content (AvgIpc) is 2.12. The molecule has 1 nitrogen and oxygen atoms in total. The van der Waals surface area contributed by atoms with Crippen LogP contribution in [-0.2, 0) is 10.3 Å². The van der Waals surface area contributed by atoms with E-state index in [-0.39, 0.29) is 10.3 Å².